The van der Waals surface area contributed by atoms with Gasteiger partial charge in [-0.1, -0.05) is 34.8 Å². The van der Waals surface area contributed by atoms with Crippen molar-refractivity contribution in [2.75, 3.05) is 5.43 Å². The lowest BCUT2D eigenvalue weighted by atomic mass is 10.1. The van der Waals surface area contributed by atoms with Crippen LogP contribution >= 0.6 is 34.8 Å². The van der Waals surface area contributed by atoms with Gasteiger partial charge in [0.15, 0.2) is 0 Å². The van der Waals surface area contributed by atoms with Gasteiger partial charge in [0, 0.05) is 17.7 Å². The van der Waals surface area contributed by atoms with E-state index in [1.165, 1.54) is 24.4 Å². The van der Waals surface area contributed by atoms with Crippen LogP contribution in [0.2, 0.25) is 15.1 Å². The molecule has 2 aromatic carbocycles. The third-order valence-corrected chi connectivity index (χ3v) is 4.43. The molecule has 0 saturated carbocycles. The summed E-state index contributed by atoms with van der Waals surface area (Å²) in [6.07, 6.45) is 1.46. The number of furan rings is 1. The van der Waals surface area contributed by atoms with Gasteiger partial charge < -0.3 is 4.42 Å². The van der Waals surface area contributed by atoms with Crippen molar-refractivity contribution in [3.8, 4) is 11.3 Å². The van der Waals surface area contributed by atoms with Gasteiger partial charge >= 0.3 is 0 Å². The highest BCUT2D eigenvalue weighted by molar-refractivity contribution is 6.42. The molecule has 0 aliphatic heterocycles. The van der Waals surface area contributed by atoms with Crippen LogP contribution in [0.15, 0.2) is 58.0 Å². The zero-order chi connectivity index (χ0) is 18.7. The number of nitro groups is 1. The van der Waals surface area contributed by atoms with Gasteiger partial charge in [-0.25, -0.2) is 0 Å². The second-order valence-electron chi connectivity index (χ2n) is 5.12. The van der Waals surface area contributed by atoms with Gasteiger partial charge in [-0.15, -0.1) is 0 Å². The number of nitrogens with one attached hydrogen (secondary N) is 1. The van der Waals surface area contributed by atoms with Crippen LogP contribution in [0.25, 0.3) is 11.3 Å². The standard InChI is InChI=1S/C17H10Cl3N3O3/c18-14-5-2-11(23(24)25)8-13(14)17-6-3-12(26-17)9-21-22-10-1-4-15(19)16(20)7-10/h1-9,22H/b21-9+. The van der Waals surface area contributed by atoms with Crippen LogP contribution in [0.5, 0.6) is 0 Å². The number of rotatable bonds is 5. The fourth-order valence-electron chi connectivity index (χ4n) is 2.12. The van der Waals surface area contributed by atoms with Crippen LogP contribution in [0.3, 0.4) is 0 Å². The van der Waals surface area contributed by atoms with Gasteiger partial charge in [0.25, 0.3) is 5.69 Å². The number of anilines is 1. The monoisotopic (exact) mass is 409 g/mol. The summed E-state index contributed by atoms with van der Waals surface area (Å²) in [5, 5.41) is 16.2. The molecule has 0 saturated heterocycles. The molecule has 0 aliphatic rings. The maximum Gasteiger partial charge on any atom is 0.270 e. The smallest absolute Gasteiger partial charge is 0.270 e. The van der Waals surface area contributed by atoms with E-state index in [1.54, 1.807) is 30.3 Å². The van der Waals surface area contributed by atoms with E-state index in [0.717, 1.165) is 0 Å². The Kier molecular flexibility index (Phi) is 5.46. The Balaban J connectivity index is 1.76. The largest absolute Gasteiger partial charge is 0.455 e. The Morgan fingerprint density at radius 3 is 2.50 bits per heavy atom. The van der Waals surface area contributed by atoms with Crippen molar-refractivity contribution >= 4 is 52.4 Å². The highest BCUT2D eigenvalue weighted by Crippen LogP contribution is 2.32. The zero-order valence-corrected chi connectivity index (χ0v) is 15.2. The van der Waals surface area contributed by atoms with E-state index < -0.39 is 4.92 Å². The van der Waals surface area contributed by atoms with E-state index in [-0.39, 0.29) is 5.69 Å². The molecule has 0 aliphatic carbocycles. The van der Waals surface area contributed by atoms with Crippen molar-refractivity contribution < 1.29 is 9.34 Å². The SMILES string of the molecule is O=[N+]([O-])c1ccc(Cl)c(-c2ccc(/C=N/Nc3ccc(Cl)c(Cl)c3)o2)c1. The number of non-ortho nitro benzene ring substituents is 1. The van der Waals surface area contributed by atoms with Gasteiger partial charge in [-0.3, -0.25) is 15.5 Å². The molecule has 3 aromatic rings. The second kappa shape index (κ2) is 7.78. The predicted octanol–water partition coefficient (Wildman–Crippen LogP) is 6.26. The lowest BCUT2D eigenvalue weighted by Crippen LogP contribution is -1.90. The molecule has 0 fully saturated rings. The molecule has 3 rings (SSSR count). The van der Waals surface area contributed by atoms with Crippen molar-refractivity contribution in [2.45, 2.75) is 0 Å². The molecule has 132 valence electrons. The van der Waals surface area contributed by atoms with E-state index in [9.17, 15) is 10.1 Å². The van der Waals surface area contributed by atoms with E-state index in [0.29, 0.717) is 37.8 Å². The summed E-state index contributed by atoms with van der Waals surface area (Å²) < 4.78 is 5.62. The average Bonchev–Trinajstić information content (AvgIpc) is 3.07. The molecule has 0 unspecified atom stereocenters. The van der Waals surface area contributed by atoms with Crippen LogP contribution in [0, 0.1) is 10.1 Å². The van der Waals surface area contributed by atoms with Crippen LogP contribution in [-0.2, 0) is 0 Å². The van der Waals surface area contributed by atoms with Gasteiger partial charge in [0.05, 0.1) is 31.9 Å². The molecule has 0 spiro atoms. The van der Waals surface area contributed by atoms with Crippen LogP contribution in [-0.4, -0.2) is 11.1 Å². The molecule has 0 atom stereocenters. The molecule has 0 amide bonds. The fraction of sp³-hybridized carbons (Fsp3) is 0. The van der Waals surface area contributed by atoms with Crippen molar-refractivity contribution in [3.63, 3.8) is 0 Å². The molecule has 6 nitrogen and oxygen atoms in total. The summed E-state index contributed by atoms with van der Waals surface area (Å²) in [7, 11) is 0. The molecule has 1 heterocycles. The van der Waals surface area contributed by atoms with E-state index in [4.69, 9.17) is 39.2 Å². The summed E-state index contributed by atoms with van der Waals surface area (Å²) in [6.45, 7) is 0. The lowest BCUT2D eigenvalue weighted by molar-refractivity contribution is -0.384. The summed E-state index contributed by atoms with van der Waals surface area (Å²) in [5.74, 6) is 0.838. The quantitative estimate of drug-likeness (QED) is 0.306. The van der Waals surface area contributed by atoms with Gasteiger partial charge in [0.2, 0.25) is 0 Å². The third-order valence-electron chi connectivity index (χ3n) is 3.36. The van der Waals surface area contributed by atoms with E-state index in [1.807, 2.05) is 0 Å². The summed E-state index contributed by atoms with van der Waals surface area (Å²) >= 11 is 17.9. The Morgan fingerprint density at radius 1 is 1.00 bits per heavy atom. The predicted molar refractivity (Wildman–Crippen MR) is 103 cm³/mol. The molecule has 26 heavy (non-hydrogen) atoms. The normalized spacial score (nSPS) is 11.0. The Labute approximate surface area is 163 Å². The van der Waals surface area contributed by atoms with Crippen molar-refractivity contribution in [1.82, 2.24) is 0 Å². The van der Waals surface area contributed by atoms with Crippen molar-refractivity contribution in [1.29, 1.82) is 0 Å². The molecular formula is C17H10Cl3N3O3. The minimum absolute atomic E-state index is 0.0719. The maximum atomic E-state index is 10.9. The topological polar surface area (TPSA) is 80.7 Å². The molecule has 0 radical (unpaired) electrons. The van der Waals surface area contributed by atoms with Gasteiger partial charge in [0.1, 0.15) is 11.5 Å². The minimum atomic E-state index is -0.494. The minimum Gasteiger partial charge on any atom is -0.455 e. The number of hydrogen-bond donors (Lipinski definition) is 1. The number of nitrogens with zero attached hydrogens (tertiary/aromatic N) is 2. The number of nitro benzene ring substituents is 1. The first-order chi connectivity index (χ1) is 12.4. The Hall–Kier alpha value is -2.54. The van der Waals surface area contributed by atoms with Crippen LogP contribution < -0.4 is 5.43 Å². The second-order valence-corrected chi connectivity index (χ2v) is 6.34. The molecule has 1 aromatic heterocycles. The van der Waals surface area contributed by atoms with Crippen LogP contribution in [0.1, 0.15) is 5.76 Å². The van der Waals surface area contributed by atoms with E-state index in [2.05, 4.69) is 10.5 Å². The zero-order valence-electron chi connectivity index (χ0n) is 12.9. The Bertz CT molecular complexity index is 1000. The first-order valence-corrected chi connectivity index (χ1v) is 8.36. The number of halogens is 3. The number of hydrogen-bond acceptors (Lipinski definition) is 5. The summed E-state index contributed by atoms with van der Waals surface area (Å²) in [6, 6.07) is 12.5. The Morgan fingerprint density at radius 2 is 1.77 bits per heavy atom. The van der Waals surface area contributed by atoms with Gasteiger partial charge in [-0.2, -0.15) is 5.10 Å². The first-order valence-electron chi connectivity index (χ1n) is 7.22. The van der Waals surface area contributed by atoms with Crippen molar-refractivity contribution in [2.24, 2.45) is 5.10 Å². The van der Waals surface area contributed by atoms with Crippen LogP contribution in [0.4, 0.5) is 11.4 Å². The lowest BCUT2D eigenvalue weighted by Gasteiger charge is -2.01. The highest BCUT2D eigenvalue weighted by Gasteiger charge is 2.14. The summed E-state index contributed by atoms with van der Waals surface area (Å²) in [5.41, 5.74) is 3.81. The van der Waals surface area contributed by atoms with E-state index >= 15 is 0 Å². The highest BCUT2D eigenvalue weighted by atomic mass is 35.5. The molecule has 9 heteroatoms. The molecule has 1 N–H and O–H groups in total. The first kappa shape index (κ1) is 18.3. The number of hydrazone groups is 1. The van der Waals surface area contributed by atoms with Gasteiger partial charge in [-0.05, 0) is 36.4 Å². The molecular weight excluding hydrogens is 401 g/mol. The number of benzene rings is 2. The third kappa shape index (κ3) is 4.16. The fourth-order valence-corrected chi connectivity index (χ4v) is 2.63. The average molecular weight is 411 g/mol. The maximum absolute atomic E-state index is 10.9. The molecule has 0 bridgehead atoms. The van der Waals surface area contributed by atoms with Crippen molar-refractivity contribution in [3.05, 3.63) is 79.5 Å². The summed E-state index contributed by atoms with van der Waals surface area (Å²) in [4.78, 5) is 10.4.